The van der Waals surface area contributed by atoms with Gasteiger partial charge in [-0.15, -0.1) is 0 Å². The Bertz CT molecular complexity index is 1040. The fraction of sp³-hybridized carbons (Fsp3) is 0. The molecule has 3 rings (SSSR count). The second-order valence-electron chi connectivity index (χ2n) is 5.36. The number of hydrogen-bond donors (Lipinski definition) is 0. The highest BCUT2D eigenvalue weighted by Crippen LogP contribution is 2.28. The maximum absolute atomic E-state index is 11.1. The largest absolute Gasteiger partial charge is 0.545 e. The van der Waals surface area contributed by atoms with E-state index < -0.39 is 5.97 Å². The van der Waals surface area contributed by atoms with Crippen LogP contribution in [0.25, 0.3) is 23.0 Å². The van der Waals surface area contributed by atoms with Crippen LogP contribution in [0.3, 0.4) is 0 Å². The molecule has 0 amide bonds. The van der Waals surface area contributed by atoms with Crippen LogP contribution in [0.2, 0.25) is 10.0 Å². The third-order valence-corrected chi connectivity index (χ3v) is 4.24. The van der Waals surface area contributed by atoms with Crippen LogP contribution in [0.4, 0.5) is 0 Å². The molecule has 0 aliphatic carbocycles. The fourth-order valence-corrected chi connectivity index (χ4v) is 2.69. The summed E-state index contributed by atoms with van der Waals surface area (Å²) in [6.07, 6.45) is 1.60. The molecule has 26 heavy (non-hydrogen) atoms. The van der Waals surface area contributed by atoms with Crippen LogP contribution in [-0.4, -0.2) is 5.97 Å². The summed E-state index contributed by atoms with van der Waals surface area (Å²) >= 11 is 11.7. The number of rotatable bonds is 4. The van der Waals surface area contributed by atoms with E-state index in [1.807, 2.05) is 0 Å². The smallest absolute Gasteiger partial charge is 0.134 e. The van der Waals surface area contributed by atoms with Gasteiger partial charge >= 0.3 is 0 Å². The number of carbonyl (C=O) groups is 1. The SMILES string of the molecule is N#C/C(=C\c1ccc(-c2ccc(Cl)c(C(=O)[O-])c2)o1)c1ccc(Cl)cc1. The predicted molar refractivity (Wildman–Crippen MR) is 98.4 cm³/mol. The zero-order valence-electron chi connectivity index (χ0n) is 13.2. The van der Waals surface area contributed by atoms with Gasteiger partial charge < -0.3 is 14.3 Å². The number of nitrogens with zero attached hydrogens (tertiary/aromatic N) is 1. The number of hydrogen-bond acceptors (Lipinski definition) is 4. The molecule has 0 saturated heterocycles. The normalized spacial score (nSPS) is 11.2. The van der Waals surface area contributed by atoms with Gasteiger partial charge in [0.2, 0.25) is 0 Å². The molecule has 4 nitrogen and oxygen atoms in total. The maximum atomic E-state index is 11.1. The van der Waals surface area contributed by atoms with E-state index in [0.717, 1.165) is 0 Å². The van der Waals surface area contributed by atoms with E-state index in [0.29, 0.717) is 33.2 Å². The summed E-state index contributed by atoms with van der Waals surface area (Å²) in [5, 5.41) is 21.2. The summed E-state index contributed by atoms with van der Waals surface area (Å²) in [6.45, 7) is 0. The van der Waals surface area contributed by atoms with Gasteiger partial charge in [0.1, 0.15) is 11.5 Å². The molecule has 2 aromatic carbocycles. The van der Waals surface area contributed by atoms with Gasteiger partial charge in [0.15, 0.2) is 0 Å². The lowest BCUT2D eigenvalue weighted by atomic mass is 10.1. The number of furan rings is 1. The molecule has 0 aliphatic heterocycles. The van der Waals surface area contributed by atoms with Crippen molar-refractivity contribution in [2.24, 2.45) is 0 Å². The number of benzene rings is 2. The van der Waals surface area contributed by atoms with E-state index in [-0.39, 0.29) is 10.6 Å². The third kappa shape index (κ3) is 3.80. The Kier molecular flexibility index (Phi) is 5.13. The van der Waals surface area contributed by atoms with Gasteiger partial charge in [-0.2, -0.15) is 5.26 Å². The topological polar surface area (TPSA) is 77.1 Å². The van der Waals surface area contributed by atoms with Crippen molar-refractivity contribution in [1.82, 2.24) is 0 Å². The molecule has 0 aliphatic rings. The highest BCUT2D eigenvalue weighted by atomic mass is 35.5. The molecule has 0 saturated carbocycles. The zero-order valence-corrected chi connectivity index (χ0v) is 14.7. The Balaban J connectivity index is 1.95. The van der Waals surface area contributed by atoms with Crippen molar-refractivity contribution in [1.29, 1.82) is 5.26 Å². The quantitative estimate of drug-likeness (QED) is 0.613. The third-order valence-electron chi connectivity index (χ3n) is 3.66. The van der Waals surface area contributed by atoms with Crippen LogP contribution in [-0.2, 0) is 0 Å². The molecule has 0 unspecified atom stereocenters. The summed E-state index contributed by atoms with van der Waals surface area (Å²) in [5.74, 6) is -0.460. The first-order valence-corrected chi connectivity index (χ1v) is 8.22. The Hall–Kier alpha value is -3.00. The second kappa shape index (κ2) is 7.49. The van der Waals surface area contributed by atoms with E-state index in [1.165, 1.54) is 12.1 Å². The number of halogens is 2. The van der Waals surface area contributed by atoms with E-state index >= 15 is 0 Å². The Morgan fingerprint density at radius 3 is 2.46 bits per heavy atom. The minimum absolute atomic E-state index is 0.0925. The van der Waals surface area contributed by atoms with Crippen molar-refractivity contribution in [2.45, 2.75) is 0 Å². The number of carbonyl (C=O) groups excluding carboxylic acids is 1. The molecule has 0 atom stereocenters. The zero-order chi connectivity index (χ0) is 18.7. The minimum atomic E-state index is -1.36. The summed E-state index contributed by atoms with van der Waals surface area (Å²) in [5.41, 5.74) is 1.55. The van der Waals surface area contributed by atoms with Gasteiger partial charge in [-0.1, -0.05) is 35.3 Å². The molecule has 1 heterocycles. The molecular formula is C20H10Cl2NO3-. The van der Waals surface area contributed by atoms with Gasteiger partial charge in [-0.05, 0) is 54.1 Å². The summed E-state index contributed by atoms with van der Waals surface area (Å²) < 4.78 is 5.71. The molecule has 1 aromatic heterocycles. The predicted octanol–water partition coefficient (Wildman–Crippen LogP) is 4.68. The van der Waals surface area contributed by atoms with Crippen molar-refractivity contribution in [2.75, 3.05) is 0 Å². The molecule has 0 N–H and O–H groups in total. The van der Waals surface area contributed by atoms with Crippen LogP contribution in [0, 0.1) is 11.3 Å². The van der Waals surface area contributed by atoms with Gasteiger partial charge in [-0.3, -0.25) is 0 Å². The summed E-state index contributed by atoms with van der Waals surface area (Å²) in [4.78, 5) is 11.1. The lowest BCUT2D eigenvalue weighted by molar-refractivity contribution is -0.255. The molecule has 6 heteroatoms. The maximum Gasteiger partial charge on any atom is 0.134 e. The lowest BCUT2D eigenvalue weighted by Gasteiger charge is -2.06. The van der Waals surface area contributed by atoms with Crippen molar-refractivity contribution in [3.8, 4) is 17.4 Å². The molecular weight excluding hydrogens is 373 g/mol. The van der Waals surface area contributed by atoms with Crippen LogP contribution in [0.15, 0.2) is 59.0 Å². The van der Waals surface area contributed by atoms with Crippen LogP contribution in [0.5, 0.6) is 0 Å². The molecule has 0 fully saturated rings. The number of carboxylic acids is 1. The first-order chi connectivity index (χ1) is 12.5. The highest BCUT2D eigenvalue weighted by molar-refractivity contribution is 6.33. The van der Waals surface area contributed by atoms with Crippen LogP contribution < -0.4 is 5.11 Å². The number of nitriles is 1. The molecule has 0 bridgehead atoms. The van der Waals surface area contributed by atoms with Crippen molar-refractivity contribution < 1.29 is 14.3 Å². The lowest BCUT2D eigenvalue weighted by Crippen LogP contribution is -2.22. The molecule has 0 radical (unpaired) electrons. The molecule has 128 valence electrons. The first-order valence-electron chi connectivity index (χ1n) is 7.47. The van der Waals surface area contributed by atoms with Crippen molar-refractivity contribution in [3.05, 3.63) is 81.5 Å². The Labute approximate surface area is 159 Å². The average molecular weight is 383 g/mol. The standard InChI is InChI=1S/C20H11Cl2NO3/c21-15-4-1-12(2-5-15)14(11-23)9-16-6-8-19(26-16)13-3-7-18(22)17(10-13)20(24)25/h1-10H,(H,24,25)/p-1/b14-9+. The molecule has 0 spiro atoms. The van der Waals surface area contributed by atoms with E-state index in [2.05, 4.69) is 6.07 Å². The van der Waals surface area contributed by atoms with Crippen molar-refractivity contribution in [3.63, 3.8) is 0 Å². The van der Waals surface area contributed by atoms with Crippen LogP contribution in [0.1, 0.15) is 21.7 Å². The molecule has 3 aromatic rings. The monoisotopic (exact) mass is 382 g/mol. The van der Waals surface area contributed by atoms with Crippen LogP contribution >= 0.6 is 23.2 Å². The van der Waals surface area contributed by atoms with Gasteiger partial charge in [-0.25, -0.2) is 0 Å². The van der Waals surface area contributed by atoms with Gasteiger partial charge in [0.05, 0.1) is 17.6 Å². The van der Waals surface area contributed by atoms with E-state index in [9.17, 15) is 15.2 Å². The number of carboxylic acid groups (broad SMARTS) is 1. The second-order valence-corrected chi connectivity index (χ2v) is 6.20. The summed E-state index contributed by atoms with van der Waals surface area (Å²) in [7, 11) is 0. The summed E-state index contributed by atoms with van der Waals surface area (Å²) in [6, 6.07) is 16.9. The first kappa shape index (κ1) is 17.8. The van der Waals surface area contributed by atoms with E-state index in [1.54, 1.807) is 48.5 Å². The number of aromatic carboxylic acids is 1. The minimum Gasteiger partial charge on any atom is -0.545 e. The van der Waals surface area contributed by atoms with E-state index in [4.69, 9.17) is 27.6 Å². The number of allylic oxidation sites excluding steroid dienone is 1. The Morgan fingerprint density at radius 2 is 1.81 bits per heavy atom. The average Bonchev–Trinajstić information content (AvgIpc) is 3.09. The fourth-order valence-electron chi connectivity index (χ4n) is 2.37. The highest BCUT2D eigenvalue weighted by Gasteiger charge is 2.09. The van der Waals surface area contributed by atoms with Crippen molar-refractivity contribution >= 4 is 40.8 Å². The Morgan fingerprint density at radius 1 is 1.08 bits per heavy atom. The van der Waals surface area contributed by atoms with Gasteiger partial charge in [0.25, 0.3) is 0 Å². The van der Waals surface area contributed by atoms with Gasteiger partial charge in [0, 0.05) is 21.2 Å².